The fourth-order valence-corrected chi connectivity index (χ4v) is 4.55. The Labute approximate surface area is 182 Å². The van der Waals surface area contributed by atoms with Crippen molar-refractivity contribution in [2.24, 2.45) is 10.9 Å². The van der Waals surface area contributed by atoms with E-state index < -0.39 is 0 Å². The number of aliphatic imine (C=N–C) groups is 1. The lowest BCUT2D eigenvalue weighted by atomic mass is 10.1. The number of nitrogens with zero attached hydrogens (tertiary/aromatic N) is 3. The number of likely N-dealkylation sites (tertiary alicyclic amines) is 2. The topological polar surface area (TPSA) is 30.9 Å². The average Bonchev–Trinajstić information content (AvgIpc) is 3.07. The summed E-state index contributed by atoms with van der Waals surface area (Å²) in [5.41, 5.74) is 4.11. The Bertz CT molecular complexity index is 590. The van der Waals surface area contributed by atoms with Crippen molar-refractivity contribution >= 4 is 29.9 Å². The molecule has 1 aromatic carbocycles. The van der Waals surface area contributed by atoms with Crippen LogP contribution in [0.5, 0.6) is 0 Å². The molecule has 0 amide bonds. The molecule has 152 valence electrons. The summed E-state index contributed by atoms with van der Waals surface area (Å²) >= 11 is 0. The second kappa shape index (κ2) is 11.2. The van der Waals surface area contributed by atoms with Crippen molar-refractivity contribution in [2.45, 2.75) is 46.0 Å². The summed E-state index contributed by atoms with van der Waals surface area (Å²) in [5, 5.41) is 3.59. The van der Waals surface area contributed by atoms with E-state index in [1.807, 2.05) is 7.05 Å². The lowest BCUT2D eigenvalue weighted by molar-refractivity contribution is 0.198. The second-order valence-electron chi connectivity index (χ2n) is 8.18. The van der Waals surface area contributed by atoms with E-state index in [1.165, 1.54) is 62.0 Å². The first kappa shape index (κ1) is 22.5. The Hall–Kier alpha value is -0.820. The van der Waals surface area contributed by atoms with Crippen LogP contribution in [0.3, 0.4) is 0 Å². The maximum Gasteiger partial charge on any atom is 0.193 e. The van der Waals surface area contributed by atoms with Gasteiger partial charge in [-0.1, -0.05) is 35.7 Å². The smallest absolute Gasteiger partial charge is 0.193 e. The molecule has 0 radical (unpaired) electrons. The predicted octanol–water partition coefficient (Wildman–Crippen LogP) is 3.85. The average molecular weight is 484 g/mol. The molecule has 1 aromatic rings. The van der Waals surface area contributed by atoms with Crippen LogP contribution >= 0.6 is 24.0 Å². The molecule has 4 nitrogen and oxygen atoms in total. The lowest BCUT2D eigenvalue weighted by Gasteiger charge is -2.29. The third-order valence-corrected chi connectivity index (χ3v) is 5.74. The molecule has 5 heteroatoms. The molecule has 0 saturated carbocycles. The standard InChI is InChI=1S/C22H36N4.HI/c1-18-13-19(2)15-20(14-18)7-9-24-22(23-3)26-12-8-21(17-26)16-25-10-5-4-6-11-25;/h13-15,21H,4-12,16-17H2,1-3H3,(H,23,24);1H. The number of aryl methyl sites for hydroxylation is 2. The van der Waals surface area contributed by atoms with Crippen LogP contribution in [0.2, 0.25) is 0 Å². The van der Waals surface area contributed by atoms with Crippen molar-refractivity contribution in [1.82, 2.24) is 15.1 Å². The number of rotatable bonds is 5. The zero-order valence-electron chi connectivity index (χ0n) is 17.3. The number of piperidine rings is 1. The largest absolute Gasteiger partial charge is 0.356 e. The molecular weight excluding hydrogens is 447 g/mol. The van der Waals surface area contributed by atoms with Gasteiger partial charge in [0.05, 0.1) is 0 Å². The van der Waals surface area contributed by atoms with Gasteiger partial charge in [0.25, 0.3) is 0 Å². The summed E-state index contributed by atoms with van der Waals surface area (Å²) < 4.78 is 0. The maximum absolute atomic E-state index is 4.54. The first-order chi connectivity index (χ1) is 12.6. The Balaban J connectivity index is 0.00000261. The van der Waals surface area contributed by atoms with E-state index in [2.05, 4.69) is 52.2 Å². The predicted molar refractivity (Wildman–Crippen MR) is 126 cm³/mol. The first-order valence-electron chi connectivity index (χ1n) is 10.4. The van der Waals surface area contributed by atoms with Crippen molar-refractivity contribution < 1.29 is 0 Å². The molecule has 1 unspecified atom stereocenters. The number of guanidine groups is 1. The molecule has 0 aliphatic carbocycles. The third kappa shape index (κ3) is 6.93. The molecule has 27 heavy (non-hydrogen) atoms. The van der Waals surface area contributed by atoms with Crippen LogP contribution in [0.4, 0.5) is 0 Å². The molecule has 2 aliphatic heterocycles. The van der Waals surface area contributed by atoms with Gasteiger partial charge in [-0.05, 0) is 64.1 Å². The summed E-state index contributed by atoms with van der Waals surface area (Å²) in [7, 11) is 1.91. The quantitative estimate of drug-likeness (QED) is 0.392. The lowest BCUT2D eigenvalue weighted by Crippen LogP contribution is -2.42. The molecule has 2 fully saturated rings. The molecule has 3 rings (SSSR count). The van der Waals surface area contributed by atoms with E-state index in [0.29, 0.717) is 0 Å². The summed E-state index contributed by atoms with van der Waals surface area (Å²) in [5.74, 6) is 1.88. The monoisotopic (exact) mass is 484 g/mol. The van der Waals surface area contributed by atoms with E-state index in [4.69, 9.17) is 0 Å². The molecular formula is C22H37IN4. The Morgan fingerprint density at radius 1 is 1.07 bits per heavy atom. The third-order valence-electron chi connectivity index (χ3n) is 5.74. The minimum atomic E-state index is 0. The molecule has 0 spiro atoms. The van der Waals surface area contributed by atoms with E-state index in [1.54, 1.807) is 0 Å². The van der Waals surface area contributed by atoms with Gasteiger partial charge in [-0.15, -0.1) is 24.0 Å². The number of hydrogen-bond donors (Lipinski definition) is 1. The highest BCUT2D eigenvalue weighted by Gasteiger charge is 2.26. The number of hydrogen-bond acceptors (Lipinski definition) is 2. The van der Waals surface area contributed by atoms with Crippen LogP contribution in [-0.4, -0.2) is 62.1 Å². The maximum atomic E-state index is 4.54. The van der Waals surface area contributed by atoms with E-state index in [0.717, 1.165) is 37.9 Å². The highest BCUT2D eigenvalue weighted by molar-refractivity contribution is 14.0. The van der Waals surface area contributed by atoms with Crippen LogP contribution in [0, 0.1) is 19.8 Å². The summed E-state index contributed by atoms with van der Waals surface area (Å²) in [6, 6.07) is 6.83. The minimum Gasteiger partial charge on any atom is -0.356 e. The molecule has 0 bridgehead atoms. The van der Waals surface area contributed by atoms with Crippen LogP contribution in [-0.2, 0) is 6.42 Å². The van der Waals surface area contributed by atoms with Gasteiger partial charge in [-0.25, -0.2) is 0 Å². The van der Waals surface area contributed by atoms with Gasteiger partial charge in [0, 0.05) is 33.2 Å². The van der Waals surface area contributed by atoms with Crippen molar-refractivity contribution in [3.63, 3.8) is 0 Å². The zero-order chi connectivity index (χ0) is 18.4. The zero-order valence-corrected chi connectivity index (χ0v) is 19.7. The number of nitrogens with one attached hydrogen (secondary N) is 1. The Kier molecular flexibility index (Phi) is 9.36. The van der Waals surface area contributed by atoms with Crippen molar-refractivity contribution in [1.29, 1.82) is 0 Å². The van der Waals surface area contributed by atoms with Gasteiger partial charge in [0.2, 0.25) is 0 Å². The molecule has 2 aliphatic rings. The summed E-state index contributed by atoms with van der Waals surface area (Å²) in [6.07, 6.45) is 6.54. The van der Waals surface area contributed by atoms with E-state index in [-0.39, 0.29) is 24.0 Å². The van der Waals surface area contributed by atoms with Crippen molar-refractivity contribution in [2.75, 3.05) is 46.3 Å². The van der Waals surface area contributed by atoms with Crippen LogP contribution in [0.1, 0.15) is 42.4 Å². The van der Waals surface area contributed by atoms with Gasteiger partial charge in [0.15, 0.2) is 5.96 Å². The van der Waals surface area contributed by atoms with E-state index in [9.17, 15) is 0 Å². The number of benzene rings is 1. The molecule has 1 atom stereocenters. The fourth-order valence-electron chi connectivity index (χ4n) is 4.55. The molecule has 2 heterocycles. The Morgan fingerprint density at radius 2 is 1.78 bits per heavy atom. The molecule has 2 saturated heterocycles. The Morgan fingerprint density at radius 3 is 2.44 bits per heavy atom. The van der Waals surface area contributed by atoms with Crippen molar-refractivity contribution in [3.8, 4) is 0 Å². The van der Waals surface area contributed by atoms with E-state index >= 15 is 0 Å². The second-order valence-corrected chi connectivity index (χ2v) is 8.18. The first-order valence-corrected chi connectivity index (χ1v) is 10.4. The molecule has 0 aromatic heterocycles. The number of halogens is 1. The SMILES string of the molecule is CN=C(NCCc1cc(C)cc(C)c1)N1CCC(CN2CCCCC2)C1.I. The summed E-state index contributed by atoms with van der Waals surface area (Å²) in [4.78, 5) is 9.66. The van der Waals surface area contributed by atoms with Crippen molar-refractivity contribution in [3.05, 3.63) is 34.9 Å². The summed E-state index contributed by atoms with van der Waals surface area (Å²) in [6.45, 7) is 11.5. The van der Waals surface area contributed by atoms with Gasteiger partial charge >= 0.3 is 0 Å². The highest BCUT2D eigenvalue weighted by atomic mass is 127. The normalized spacial score (nSPS) is 21.2. The fraction of sp³-hybridized carbons (Fsp3) is 0.682. The van der Waals surface area contributed by atoms with Crippen LogP contribution in [0.15, 0.2) is 23.2 Å². The van der Waals surface area contributed by atoms with Gasteiger partial charge < -0.3 is 15.1 Å². The van der Waals surface area contributed by atoms with Gasteiger partial charge in [-0.3, -0.25) is 4.99 Å². The molecule has 1 N–H and O–H groups in total. The highest BCUT2D eigenvalue weighted by Crippen LogP contribution is 2.20. The van der Waals surface area contributed by atoms with Crippen LogP contribution in [0.25, 0.3) is 0 Å². The minimum absolute atomic E-state index is 0. The van der Waals surface area contributed by atoms with Gasteiger partial charge in [-0.2, -0.15) is 0 Å². The van der Waals surface area contributed by atoms with Crippen LogP contribution < -0.4 is 5.32 Å². The van der Waals surface area contributed by atoms with Gasteiger partial charge in [0.1, 0.15) is 0 Å².